The first-order valence-electron chi connectivity index (χ1n) is 6.47. The summed E-state index contributed by atoms with van der Waals surface area (Å²) >= 11 is 0. The number of fused-ring (bicyclic) bond motifs is 1. The van der Waals surface area contributed by atoms with Crippen molar-refractivity contribution in [3.05, 3.63) is 22.9 Å². The quantitative estimate of drug-likeness (QED) is 0.385. The van der Waals surface area contributed by atoms with Gasteiger partial charge in [-0.3, -0.25) is 4.57 Å². The predicted molar refractivity (Wildman–Crippen MR) is 70.7 cm³/mol. The monoisotopic (exact) mass is 313 g/mol. The van der Waals surface area contributed by atoms with Gasteiger partial charge in [0.25, 0.3) is 0 Å². The van der Waals surface area contributed by atoms with Gasteiger partial charge >= 0.3 is 5.69 Å². The van der Waals surface area contributed by atoms with E-state index in [4.69, 9.17) is 15.6 Å². The topological polar surface area (TPSA) is 168 Å². The fraction of sp³-hybridized carbons (Fsp3) is 0.545. The third-order valence-electron chi connectivity index (χ3n) is 3.57. The van der Waals surface area contributed by atoms with Crippen molar-refractivity contribution in [2.45, 2.75) is 30.6 Å². The van der Waals surface area contributed by atoms with E-state index in [-0.39, 0.29) is 11.7 Å². The van der Waals surface area contributed by atoms with Gasteiger partial charge in [-0.25, -0.2) is 9.20 Å². The summed E-state index contributed by atoms with van der Waals surface area (Å²) in [6.45, 7) is -0.637. The summed E-state index contributed by atoms with van der Waals surface area (Å²) in [6.07, 6.45) is -3.71. The standard InChI is InChI=1S/C11H15N5O6/c12-9-13-10-15(1-2-16(10)11(21)14-9)8-6(20)5(19)7(22-8)4(18)3-17/h1-2,4-8,17-20H,3H2,(H2,12,14,21). The molecule has 0 saturated carbocycles. The average molecular weight is 313 g/mol. The maximum absolute atomic E-state index is 11.7. The van der Waals surface area contributed by atoms with Crippen molar-refractivity contribution >= 4 is 11.7 Å². The maximum atomic E-state index is 11.7. The Hall–Kier alpha value is -2.05. The van der Waals surface area contributed by atoms with E-state index in [1.54, 1.807) is 0 Å². The van der Waals surface area contributed by atoms with Crippen LogP contribution in [0.15, 0.2) is 17.2 Å². The molecule has 11 nitrogen and oxygen atoms in total. The van der Waals surface area contributed by atoms with E-state index in [0.717, 1.165) is 4.40 Å². The van der Waals surface area contributed by atoms with Gasteiger partial charge in [0.15, 0.2) is 6.23 Å². The number of hydrogen-bond acceptors (Lipinski definition) is 9. The van der Waals surface area contributed by atoms with E-state index in [2.05, 4.69) is 9.97 Å². The molecular weight excluding hydrogens is 298 g/mol. The zero-order chi connectivity index (χ0) is 16.0. The lowest BCUT2D eigenvalue weighted by atomic mass is 10.1. The van der Waals surface area contributed by atoms with Gasteiger partial charge in [0.1, 0.15) is 24.4 Å². The van der Waals surface area contributed by atoms with Crippen LogP contribution in [-0.2, 0) is 4.74 Å². The molecule has 3 rings (SSSR count). The number of hydrogen-bond donors (Lipinski definition) is 5. The van der Waals surface area contributed by atoms with Gasteiger partial charge < -0.3 is 30.9 Å². The SMILES string of the molecule is Nc1nc(=O)n2ccn(C3OC(C(O)CO)C(O)C3O)c2n1. The highest BCUT2D eigenvalue weighted by Crippen LogP contribution is 2.31. The third-order valence-corrected chi connectivity index (χ3v) is 3.57. The van der Waals surface area contributed by atoms with Gasteiger partial charge in [-0.1, -0.05) is 0 Å². The summed E-state index contributed by atoms with van der Waals surface area (Å²) in [4.78, 5) is 19.1. The molecule has 0 aliphatic carbocycles. The van der Waals surface area contributed by atoms with Gasteiger partial charge in [-0.05, 0) is 0 Å². The number of aliphatic hydroxyl groups excluding tert-OH is 4. The van der Waals surface area contributed by atoms with Gasteiger partial charge in [-0.2, -0.15) is 9.97 Å². The minimum atomic E-state index is -1.42. The van der Waals surface area contributed by atoms with E-state index in [0.29, 0.717) is 0 Å². The minimum Gasteiger partial charge on any atom is -0.394 e. The third kappa shape index (κ3) is 2.15. The molecular formula is C11H15N5O6. The Kier molecular flexibility index (Phi) is 3.58. The van der Waals surface area contributed by atoms with Crippen molar-refractivity contribution in [2.75, 3.05) is 12.3 Å². The van der Waals surface area contributed by atoms with Gasteiger partial charge in [0.05, 0.1) is 6.61 Å². The molecule has 120 valence electrons. The molecule has 0 aromatic carbocycles. The molecule has 1 saturated heterocycles. The van der Waals surface area contributed by atoms with E-state index < -0.39 is 42.9 Å². The minimum absolute atomic E-state index is 0.0629. The van der Waals surface area contributed by atoms with Crippen LogP contribution in [0, 0.1) is 0 Å². The van der Waals surface area contributed by atoms with E-state index in [1.165, 1.54) is 17.0 Å². The number of rotatable bonds is 3. The highest BCUT2D eigenvalue weighted by atomic mass is 16.6. The summed E-state index contributed by atoms with van der Waals surface area (Å²) in [5.41, 5.74) is 4.78. The number of aromatic nitrogens is 4. The second kappa shape index (κ2) is 5.30. The number of ether oxygens (including phenoxy) is 1. The van der Waals surface area contributed by atoms with Gasteiger partial charge in [0.2, 0.25) is 11.7 Å². The average Bonchev–Trinajstić information content (AvgIpc) is 3.01. The normalized spacial score (nSPS) is 30.0. The molecule has 1 aliphatic rings. The Balaban J connectivity index is 2.03. The van der Waals surface area contributed by atoms with Crippen LogP contribution in [0.2, 0.25) is 0 Å². The molecule has 1 aliphatic heterocycles. The highest BCUT2D eigenvalue weighted by Gasteiger charge is 2.47. The van der Waals surface area contributed by atoms with Crippen molar-refractivity contribution in [2.24, 2.45) is 0 Å². The van der Waals surface area contributed by atoms with Crippen LogP contribution in [0.3, 0.4) is 0 Å². The molecule has 5 unspecified atom stereocenters. The molecule has 2 aromatic rings. The number of nitrogens with two attached hydrogens (primary N) is 1. The Bertz CT molecular complexity index is 744. The van der Waals surface area contributed by atoms with Gasteiger partial charge in [-0.15, -0.1) is 0 Å². The lowest BCUT2D eigenvalue weighted by molar-refractivity contribution is -0.0962. The number of imidazole rings is 1. The van der Waals surface area contributed by atoms with Crippen LogP contribution in [0.25, 0.3) is 5.78 Å². The highest BCUT2D eigenvalue weighted by molar-refractivity contribution is 5.35. The van der Waals surface area contributed by atoms with Crippen molar-refractivity contribution in [3.8, 4) is 0 Å². The lowest BCUT2D eigenvalue weighted by Crippen LogP contribution is -2.40. The summed E-state index contributed by atoms with van der Waals surface area (Å²) in [6, 6.07) is 0. The van der Waals surface area contributed by atoms with Crippen molar-refractivity contribution in [1.82, 2.24) is 18.9 Å². The lowest BCUT2D eigenvalue weighted by Gasteiger charge is -2.18. The Morgan fingerprint density at radius 3 is 2.73 bits per heavy atom. The smallest absolute Gasteiger partial charge is 0.357 e. The fourth-order valence-corrected chi connectivity index (χ4v) is 2.47. The molecule has 6 N–H and O–H groups in total. The molecule has 0 bridgehead atoms. The zero-order valence-corrected chi connectivity index (χ0v) is 11.2. The summed E-state index contributed by atoms with van der Waals surface area (Å²) < 4.78 is 7.79. The molecule has 3 heterocycles. The Morgan fingerprint density at radius 1 is 1.32 bits per heavy atom. The Labute approximate surface area is 122 Å². The molecule has 11 heteroatoms. The Morgan fingerprint density at radius 2 is 2.05 bits per heavy atom. The second-order valence-corrected chi connectivity index (χ2v) is 4.96. The first kappa shape index (κ1) is 14.9. The summed E-state index contributed by atoms with van der Waals surface area (Å²) in [5, 5.41) is 38.6. The summed E-state index contributed by atoms with van der Waals surface area (Å²) in [5.74, 6) is -0.183. The molecule has 1 fully saturated rings. The first-order valence-corrected chi connectivity index (χ1v) is 6.47. The fourth-order valence-electron chi connectivity index (χ4n) is 2.47. The van der Waals surface area contributed by atoms with Crippen LogP contribution in [0.4, 0.5) is 5.95 Å². The zero-order valence-electron chi connectivity index (χ0n) is 11.2. The molecule has 0 amide bonds. The van der Waals surface area contributed by atoms with Gasteiger partial charge in [0, 0.05) is 12.4 Å². The predicted octanol–water partition coefficient (Wildman–Crippen LogP) is -3.55. The number of aliphatic hydroxyl groups is 4. The molecule has 0 radical (unpaired) electrons. The molecule has 2 aromatic heterocycles. The second-order valence-electron chi connectivity index (χ2n) is 4.96. The van der Waals surface area contributed by atoms with Crippen molar-refractivity contribution in [3.63, 3.8) is 0 Å². The largest absolute Gasteiger partial charge is 0.394 e. The maximum Gasteiger partial charge on any atom is 0.357 e. The first-order chi connectivity index (χ1) is 10.4. The van der Waals surface area contributed by atoms with Crippen LogP contribution in [-0.4, -0.2) is 70.4 Å². The van der Waals surface area contributed by atoms with E-state index in [9.17, 15) is 20.1 Å². The number of nitrogens with zero attached hydrogens (tertiary/aromatic N) is 4. The van der Waals surface area contributed by atoms with Crippen LogP contribution < -0.4 is 11.4 Å². The van der Waals surface area contributed by atoms with Crippen molar-refractivity contribution < 1.29 is 25.2 Å². The van der Waals surface area contributed by atoms with Crippen LogP contribution in [0.1, 0.15) is 6.23 Å². The molecule has 0 spiro atoms. The van der Waals surface area contributed by atoms with E-state index >= 15 is 0 Å². The van der Waals surface area contributed by atoms with Crippen LogP contribution in [0.5, 0.6) is 0 Å². The van der Waals surface area contributed by atoms with E-state index in [1.807, 2.05) is 0 Å². The molecule has 22 heavy (non-hydrogen) atoms. The number of anilines is 1. The van der Waals surface area contributed by atoms with Crippen molar-refractivity contribution in [1.29, 1.82) is 0 Å². The van der Waals surface area contributed by atoms with Crippen LogP contribution >= 0.6 is 0 Å². The number of nitrogen functional groups attached to an aromatic ring is 1. The summed E-state index contributed by atoms with van der Waals surface area (Å²) in [7, 11) is 0. The molecule has 5 atom stereocenters.